The predicted molar refractivity (Wildman–Crippen MR) is 96.8 cm³/mol. The molecule has 6 nitrogen and oxygen atoms in total. The van der Waals surface area contributed by atoms with Crippen molar-refractivity contribution >= 4 is 23.4 Å². The Labute approximate surface area is 150 Å². The van der Waals surface area contributed by atoms with Gasteiger partial charge in [-0.25, -0.2) is 4.98 Å². The van der Waals surface area contributed by atoms with Crippen LogP contribution in [0.3, 0.4) is 0 Å². The van der Waals surface area contributed by atoms with Crippen molar-refractivity contribution in [3.05, 3.63) is 53.7 Å². The smallest absolute Gasteiger partial charge is 0.231 e. The van der Waals surface area contributed by atoms with Gasteiger partial charge in [0.2, 0.25) is 5.91 Å². The van der Waals surface area contributed by atoms with Gasteiger partial charge in [-0.3, -0.25) is 4.79 Å². The van der Waals surface area contributed by atoms with Gasteiger partial charge in [0, 0.05) is 35.6 Å². The van der Waals surface area contributed by atoms with Crippen molar-refractivity contribution in [2.45, 2.75) is 36.7 Å². The maximum absolute atomic E-state index is 12.5. The van der Waals surface area contributed by atoms with Gasteiger partial charge >= 0.3 is 0 Å². The average Bonchev–Trinajstić information content (AvgIpc) is 3.14. The first-order chi connectivity index (χ1) is 12.0. The number of amides is 1. The van der Waals surface area contributed by atoms with E-state index in [2.05, 4.69) is 15.5 Å². The molecule has 1 N–H and O–H groups in total. The summed E-state index contributed by atoms with van der Waals surface area (Å²) in [7, 11) is 1.96. The fourth-order valence-electron chi connectivity index (χ4n) is 2.65. The lowest BCUT2D eigenvalue weighted by Crippen LogP contribution is -2.19. The Bertz CT molecular complexity index is 863. The largest absolute Gasteiger partial charge is 0.361 e. The Kier molecular flexibility index (Phi) is 4.94. The first-order valence-electron chi connectivity index (χ1n) is 7.94. The zero-order chi connectivity index (χ0) is 18.0. The summed E-state index contributed by atoms with van der Waals surface area (Å²) in [5.74, 6) is 0.272. The summed E-state index contributed by atoms with van der Waals surface area (Å²) >= 11 is 1.58. The number of carbonyl (C=O) groups is 1. The number of hydrogen-bond donors (Lipinski definition) is 1. The van der Waals surface area contributed by atoms with E-state index in [1.54, 1.807) is 18.0 Å². The summed E-state index contributed by atoms with van der Waals surface area (Å²) in [4.78, 5) is 17.9. The van der Waals surface area contributed by atoms with Crippen LogP contribution in [0.25, 0.3) is 0 Å². The molecule has 1 aromatic carbocycles. The monoisotopic (exact) mass is 356 g/mol. The number of hydrogen-bond acceptors (Lipinski definition) is 5. The van der Waals surface area contributed by atoms with Gasteiger partial charge in [-0.1, -0.05) is 16.9 Å². The van der Waals surface area contributed by atoms with Crippen LogP contribution in [0.15, 0.2) is 51.2 Å². The van der Waals surface area contributed by atoms with Gasteiger partial charge in [0.25, 0.3) is 0 Å². The molecule has 1 unspecified atom stereocenters. The Morgan fingerprint density at radius 1 is 1.28 bits per heavy atom. The molecule has 0 radical (unpaired) electrons. The van der Waals surface area contributed by atoms with Crippen LogP contribution in [0.1, 0.15) is 29.9 Å². The Morgan fingerprint density at radius 3 is 2.56 bits per heavy atom. The quantitative estimate of drug-likeness (QED) is 0.750. The van der Waals surface area contributed by atoms with Crippen LogP contribution < -0.4 is 5.32 Å². The molecular weight excluding hydrogens is 336 g/mol. The molecule has 0 aliphatic carbocycles. The molecule has 130 valence electrons. The van der Waals surface area contributed by atoms with E-state index in [0.717, 1.165) is 27.0 Å². The van der Waals surface area contributed by atoms with Crippen molar-refractivity contribution in [1.29, 1.82) is 0 Å². The minimum absolute atomic E-state index is 0.0843. The first-order valence-corrected chi connectivity index (χ1v) is 8.76. The SMILES string of the molecule is Cc1noc(C)c1C(C)C(=O)Nc1ccc(Sc2nccn2C)cc1. The molecule has 1 atom stereocenters. The van der Waals surface area contributed by atoms with Gasteiger partial charge in [0.1, 0.15) is 5.76 Å². The number of rotatable bonds is 5. The molecular formula is C18H20N4O2S. The molecule has 3 aromatic rings. The van der Waals surface area contributed by atoms with Crippen LogP contribution in [-0.2, 0) is 11.8 Å². The highest BCUT2D eigenvalue weighted by Crippen LogP contribution is 2.28. The van der Waals surface area contributed by atoms with E-state index in [0.29, 0.717) is 5.76 Å². The Hall–Kier alpha value is -2.54. The van der Waals surface area contributed by atoms with Crippen molar-refractivity contribution in [2.24, 2.45) is 7.05 Å². The normalized spacial score (nSPS) is 12.2. The standard InChI is InChI=1S/C18H20N4O2S/c1-11(16-12(2)21-24-13(16)3)17(23)20-14-5-7-15(8-6-14)25-18-19-9-10-22(18)4/h5-11H,1-4H3,(H,20,23). The third-order valence-corrected chi connectivity index (χ3v) is 5.11. The number of carbonyl (C=O) groups excluding carboxylic acids is 1. The second-order valence-corrected chi connectivity index (χ2v) is 6.94. The third kappa shape index (κ3) is 3.76. The fourth-order valence-corrected chi connectivity index (χ4v) is 3.45. The number of aryl methyl sites for hydroxylation is 3. The lowest BCUT2D eigenvalue weighted by molar-refractivity contribution is -0.117. The van der Waals surface area contributed by atoms with Crippen LogP contribution in [0, 0.1) is 13.8 Å². The molecule has 0 spiro atoms. The van der Waals surface area contributed by atoms with E-state index in [-0.39, 0.29) is 11.8 Å². The minimum atomic E-state index is -0.326. The summed E-state index contributed by atoms with van der Waals surface area (Å²) in [5.41, 5.74) is 2.36. The molecule has 0 fully saturated rings. The summed E-state index contributed by atoms with van der Waals surface area (Å²) in [5, 5.41) is 7.78. The second-order valence-electron chi connectivity index (χ2n) is 5.90. The highest BCUT2D eigenvalue weighted by atomic mass is 32.2. The zero-order valence-electron chi connectivity index (χ0n) is 14.6. The van der Waals surface area contributed by atoms with E-state index in [1.165, 1.54) is 0 Å². The predicted octanol–water partition coefficient (Wildman–Crippen LogP) is 3.92. The summed E-state index contributed by atoms with van der Waals surface area (Å²) in [6, 6.07) is 7.72. The Morgan fingerprint density at radius 2 is 2.00 bits per heavy atom. The van der Waals surface area contributed by atoms with Gasteiger partial charge < -0.3 is 14.4 Å². The molecule has 7 heteroatoms. The van der Waals surface area contributed by atoms with E-state index < -0.39 is 0 Å². The second kappa shape index (κ2) is 7.14. The van der Waals surface area contributed by atoms with Crippen LogP contribution in [0.2, 0.25) is 0 Å². The van der Waals surface area contributed by atoms with Crippen LogP contribution in [0.4, 0.5) is 5.69 Å². The average molecular weight is 356 g/mol. The lowest BCUT2D eigenvalue weighted by Gasteiger charge is -2.12. The molecule has 0 saturated carbocycles. The molecule has 2 aromatic heterocycles. The topological polar surface area (TPSA) is 73.0 Å². The van der Waals surface area contributed by atoms with Gasteiger partial charge in [-0.15, -0.1) is 0 Å². The molecule has 1 amide bonds. The van der Waals surface area contributed by atoms with Crippen molar-refractivity contribution in [2.75, 3.05) is 5.32 Å². The number of nitrogens with zero attached hydrogens (tertiary/aromatic N) is 3. The van der Waals surface area contributed by atoms with Crippen LogP contribution >= 0.6 is 11.8 Å². The molecule has 25 heavy (non-hydrogen) atoms. The van der Waals surface area contributed by atoms with Crippen molar-refractivity contribution < 1.29 is 9.32 Å². The van der Waals surface area contributed by atoms with Gasteiger partial charge in [0.15, 0.2) is 5.16 Å². The minimum Gasteiger partial charge on any atom is -0.361 e. The molecule has 0 aliphatic rings. The number of anilines is 1. The van der Waals surface area contributed by atoms with Gasteiger partial charge in [-0.05, 0) is 45.0 Å². The van der Waals surface area contributed by atoms with Crippen molar-refractivity contribution in [3.63, 3.8) is 0 Å². The molecule has 3 rings (SSSR count). The molecule has 0 aliphatic heterocycles. The van der Waals surface area contributed by atoms with E-state index in [4.69, 9.17) is 4.52 Å². The zero-order valence-corrected chi connectivity index (χ0v) is 15.4. The molecule has 0 bridgehead atoms. The lowest BCUT2D eigenvalue weighted by atomic mass is 9.98. The van der Waals surface area contributed by atoms with E-state index >= 15 is 0 Å². The first kappa shape index (κ1) is 17.3. The fraction of sp³-hybridized carbons (Fsp3) is 0.278. The molecule has 2 heterocycles. The van der Waals surface area contributed by atoms with Gasteiger partial charge in [0.05, 0.1) is 11.6 Å². The van der Waals surface area contributed by atoms with Crippen LogP contribution in [-0.4, -0.2) is 20.6 Å². The van der Waals surface area contributed by atoms with Crippen molar-refractivity contribution in [1.82, 2.24) is 14.7 Å². The molecule has 0 saturated heterocycles. The summed E-state index contributed by atoms with van der Waals surface area (Å²) in [6.07, 6.45) is 3.68. The summed E-state index contributed by atoms with van der Waals surface area (Å²) in [6.45, 7) is 5.52. The van der Waals surface area contributed by atoms with Gasteiger partial charge in [-0.2, -0.15) is 0 Å². The summed E-state index contributed by atoms with van der Waals surface area (Å²) < 4.78 is 7.12. The van der Waals surface area contributed by atoms with Crippen molar-refractivity contribution in [3.8, 4) is 0 Å². The maximum atomic E-state index is 12.5. The maximum Gasteiger partial charge on any atom is 0.231 e. The highest BCUT2D eigenvalue weighted by molar-refractivity contribution is 7.99. The number of imidazole rings is 1. The highest BCUT2D eigenvalue weighted by Gasteiger charge is 2.22. The number of aromatic nitrogens is 3. The third-order valence-electron chi connectivity index (χ3n) is 4.02. The van der Waals surface area contributed by atoms with E-state index in [9.17, 15) is 4.79 Å². The Balaban J connectivity index is 1.67. The van der Waals surface area contributed by atoms with Crippen LogP contribution in [0.5, 0.6) is 0 Å². The van der Waals surface area contributed by atoms with E-state index in [1.807, 2.05) is 62.8 Å². The number of nitrogens with one attached hydrogen (secondary N) is 1. The number of benzene rings is 1.